The molecule has 0 atom stereocenters. The fraction of sp³-hybridized carbons (Fsp3) is 0.143. The monoisotopic (exact) mass is 208 g/mol. The van der Waals surface area contributed by atoms with Crippen LogP contribution in [0.4, 0.5) is 0 Å². The molecule has 1 rings (SSSR count). The first kappa shape index (κ1) is 22.5. The third kappa shape index (κ3) is 10.2. The van der Waals surface area contributed by atoms with Crippen molar-refractivity contribution >= 4 is 8.41 Å². The van der Waals surface area contributed by atoms with Crippen LogP contribution in [0.25, 0.3) is 0 Å². The zero-order valence-electron chi connectivity index (χ0n) is 6.10. The predicted octanol–water partition coefficient (Wildman–Crippen LogP) is -7.37. The summed E-state index contributed by atoms with van der Waals surface area (Å²) >= 11 is 0. The number of hydrogen-bond acceptors (Lipinski definition) is 0. The Morgan fingerprint density at radius 2 is 1.18 bits per heavy atom. The van der Waals surface area contributed by atoms with Crippen molar-refractivity contribution in [1.82, 2.24) is 0 Å². The Hall–Kier alpha value is 0.155. The van der Waals surface area contributed by atoms with Gasteiger partial charge in [0.05, 0.1) is 0 Å². The Balaban J connectivity index is -0.0000000612. The molecule has 0 heterocycles. The summed E-state index contributed by atoms with van der Waals surface area (Å²) in [5.74, 6) is 0. The van der Waals surface area contributed by atoms with E-state index in [-0.39, 0.29) is 45.6 Å². The summed E-state index contributed by atoms with van der Waals surface area (Å²) in [7, 11) is 0. The summed E-state index contributed by atoms with van der Waals surface area (Å²) < 4.78 is 0. The van der Waals surface area contributed by atoms with Gasteiger partial charge >= 0.3 is 8.41 Å². The molecule has 1 aromatic carbocycles. The molecule has 1 aromatic rings. The fourth-order valence-electron chi connectivity index (χ4n) is 0.534. The second-order valence-electron chi connectivity index (χ2n) is 1.65. The molecule has 0 unspecified atom stereocenters. The third-order valence-corrected chi connectivity index (χ3v) is 0.940. The molecule has 0 bridgehead atoms. The van der Waals surface area contributed by atoms with Gasteiger partial charge < -0.3 is 37.2 Å². The second kappa shape index (κ2) is 12.8. The second-order valence-corrected chi connectivity index (χ2v) is 1.65. The Morgan fingerprint density at radius 3 is 1.36 bits per heavy atom. The van der Waals surface area contributed by atoms with Crippen molar-refractivity contribution < 1.29 is 37.2 Å². The van der Waals surface area contributed by atoms with Crippen LogP contribution in [0.5, 0.6) is 0 Å². The molecule has 0 radical (unpaired) electrons. The number of aryl methyl sites for hydroxylation is 1. The van der Waals surface area contributed by atoms with Gasteiger partial charge in [0, 0.05) is 0 Å². The van der Waals surface area contributed by atoms with E-state index < -0.39 is 0 Å². The van der Waals surface area contributed by atoms with Gasteiger partial charge in [-0.2, -0.15) is 0 Å². The summed E-state index contributed by atoms with van der Waals surface area (Å²) in [5, 5.41) is 0. The van der Waals surface area contributed by atoms with E-state index in [1.165, 1.54) is 5.56 Å². The summed E-state index contributed by atoms with van der Waals surface area (Å²) in [6, 6.07) is 10.3. The van der Waals surface area contributed by atoms with Gasteiger partial charge in [-0.1, -0.05) is 35.9 Å². The molecule has 4 heteroatoms. The fourth-order valence-corrected chi connectivity index (χ4v) is 0.534. The van der Waals surface area contributed by atoms with Crippen LogP contribution in [0, 0.1) is 6.92 Å². The molecule has 0 aliphatic rings. The molecule has 0 amide bonds. The Kier molecular flexibility index (Phi) is 26.1. The summed E-state index contributed by atoms with van der Waals surface area (Å²) in [6.45, 7) is 2.08. The molecular formula is C7H8BCl3. The molecule has 60 valence electrons. The van der Waals surface area contributed by atoms with E-state index in [2.05, 4.69) is 19.1 Å². The largest absolute Gasteiger partial charge is 3.00 e. The quantitative estimate of drug-likeness (QED) is 0.373. The van der Waals surface area contributed by atoms with Gasteiger partial charge in [-0.15, -0.1) is 0 Å². The standard InChI is InChI=1S/C7H8.B.3ClH/c1-7-5-3-2-4-6-7;;;;/h2-6H,1H3;;3*1H/q;+3;;;/p-3. The van der Waals surface area contributed by atoms with E-state index in [0.717, 1.165) is 0 Å². The van der Waals surface area contributed by atoms with E-state index in [1.807, 2.05) is 18.2 Å². The molecule has 0 nitrogen and oxygen atoms in total. The Bertz CT molecular complexity index is 144. The van der Waals surface area contributed by atoms with E-state index in [0.29, 0.717) is 0 Å². The zero-order valence-corrected chi connectivity index (χ0v) is 8.37. The van der Waals surface area contributed by atoms with Crippen LogP contribution in [0.3, 0.4) is 0 Å². The van der Waals surface area contributed by atoms with Gasteiger partial charge in [0.25, 0.3) is 0 Å². The molecule has 0 aliphatic heterocycles. The molecule has 0 saturated carbocycles. The van der Waals surface area contributed by atoms with Crippen molar-refractivity contribution in [2.45, 2.75) is 6.92 Å². The van der Waals surface area contributed by atoms with Gasteiger partial charge in [0.15, 0.2) is 0 Å². The van der Waals surface area contributed by atoms with Crippen LogP contribution < -0.4 is 37.2 Å². The van der Waals surface area contributed by atoms with Crippen LogP contribution >= 0.6 is 0 Å². The predicted molar refractivity (Wildman–Crippen MR) is 36.9 cm³/mol. The Morgan fingerprint density at radius 1 is 0.818 bits per heavy atom. The maximum absolute atomic E-state index is 2.08. The van der Waals surface area contributed by atoms with Crippen LogP contribution in [-0.4, -0.2) is 8.41 Å². The van der Waals surface area contributed by atoms with Crippen molar-refractivity contribution in [2.75, 3.05) is 0 Å². The van der Waals surface area contributed by atoms with Crippen molar-refractivity contribution in [3.63, 3.8) is 0 Å². The number of hydrogen-bond donors (Lipinski definition) is 0. The SMILES string of the molecule is Cc1ccccc1.[B+3].[Cl-].[Cl-].[Cl-]. The first-order chi connectivity index (χ1) is 3.39. The molecule has 0 saturated heterocycles. The number of halogens is 3. The van der Waals surface area contributed by atoms with Gasteiger partial charge in [0.2, 0.25) is 0 Å². The summed E-state index contributed by atoms with van der Waals surface area (Å²) in [4.78, 5) is 0. The summed E-state index contributed by atoms with van der Waals surface area (Å²) in [6.07, 6.45) is 0. The average Bonchev–Trinajstić information content (AvgIpc) is 1.69. The van der Waals surface area contributed by atoms with E-state index in [1.54, 1.807) is 0 Å². The normalized spacial score (nSPS) is 5.55. The van der Waals surface area contributed by atoms with E-state index in [9.17, 15) is 0 Å². The number of benzene rings is 1. The maximum atomic E-state index is 2.08. The zero-order chi connectivity index (χ0) is 5.11. The third-order valence-electron chi connectivity index (χ3n) is 0.940. The van der Waals surface area contributed by atoms with E-state index in [4.69, 9.17) is 0 Å². The van der Waals surface area contributed by atoms with Crippen molar-refractivity contribution in [2.24, 2.45) is 0 Å². The summed E-state index contributed by atoms with van der Waals surface area (Å²) in [5.41, 5.74) is 1.32. The minimum absolute atomic E-state index is 0. The smallest absolute Gasteiger partial charge is 1.00 e. The maximum Gasteiger partial charge on any atom is 3.00 e. The number of rotatable bonds is 0. The molecule has 0 fully saturated rings. The van der Waals surface area contributed by atoms with Crippen LogP contribution in [-0.2, 0) is 0 Å². The van der Waals surface area contributed by atoms with Crippen molar-refractivity contribution in [3.05, 3.63) is 35.9 Å². The van der Waals surface area contributed by atoms with Crippen LogP contribution in [0.1, 0.15) is 5.56 Å². The van der Waals surface area contributed by atoms with Crippen molar-refractivity contribution in [1.29, 1.82) is 0 Å². The minimum Gasteiger partial charge on any atom is -1.00 e. The molecule has 0 aromatic heterocycles. The van der Waals surface area contributed by atoms with Gasteiger partial charge in [-0.3, -0.25) is 0 Å². The topological polar surface area (TPSA) is 0 Å². The minimum atomic E-state index is 0. The molecule has 0 spiro atoms. The van der Waals surface area contributed by atoms with Crippen LogP contribution in [0.2, 0.25) is 0 Å². The first-order valence-corrected chi connectivity index (χ1v) is 2.41. The molecule has 11 heavy (non-hydrogen) atoms. The molecular weight excluding hydrogens is 201 g/mol. The van der Waals surface area contributed by atoms with Gasteiger partial charge in [-0.05, 0) is 6.92 Å². The van der Waals surface area contributed by atoms with Gasteiger partial charge in [-0.25, -0.2) is 0 Å². The van der Waals surface area contributed by atoms with Gasteiger partial charge in [0.1, 0.15) is 0 Å². The molecule has 0 aliphatic carbocycles. The van der Waals surface area contributed by atoms with E-state index >= 15 is 0 Å². The molecule has 0 N–H and O–H groups in total. The van der Waals surface area contributed by atoms with Crippen LogP contribution in [0.15, 0.2) is 30.3 Å². The van der Waals surface area contributed by atoms with Crippen molar-refractivity contribution in [3.8, 4) is 0 Å². The average molecular weight is 209 g/mol. The Labute approximate surface area is 88.6 Å². The first-order valence-electron chi connectivity index (χ1n) is 2.41.